The Hall–Kier alpha value is -0.880. The lowest BCUT2D eigenvalue weighted by molar-refractivity contribution is 0.0588. The molecule has 0 saturated carbocycles. The van der Waals surface area contributed by atoms with Crippen LogP contribution in [0.25, 0.3) is 0 Å². The molecule has 0 aliphatic heterocycles. The summed E-state index contributed by atoms with van der Waals surface area (Å²) in [5.74, 6) is -0.539. The Morgan fingerprint density at radius 1 is 1.77 bits per heavy atom. The second kappa shape index (κ2) is 3.89. The minimum atomic E-state index is -1.70. The summed E-state index contributed by atoms with van der Waals surface area (Å²) in [4.78, 5) is 11.0. The SMILES string of the molecule is COC(=O)c1cc(S(=O)Cl)nn1C. The minimum absolute atomic E-state index is 0.143. The number of halogens is 1. The molecule has 7 heteroatoms. The van der Waals surface area contributed by atoms with Gasteiger partial charge in [-0.3, -0.25) is 4.68 Å². The van der Waals surface area contributed by atoms with Crippen molar-refractivity contribution in [1.29, 1.82) is 0 Å². The minimum Gasteiger partial charge on any atom is -0.464 e. The van der Waals surface area contributed by atoms with Gasteiger partial charge in [0.05, 0.1) is 7.11 Å². The zero-order chi connectivity index (χ0) is 10.0. The van der Waals surface area contributed by atoms with Crippen molar-refractivity contribution in [1.82, 2.24) is 9.78 Å². The average molecular weight is 223 g/mol. The highest BCUT2D eigenvalue weighted by Gasteiger charge is 2.15. The van der Waals surface area contributed by atoms with Crippen LogP contribution in [-0.4, -0.2) is 27.1 Å². The predicted octanol–water partition coefficient (Wildman–Crippen LogP) is 0.468. The topological polar surface area (TPSA) is 61.2 Å². The van der Waals surface area contributed by atoms with Crippen LogP contribution in [-0.2, 0) is 21.8 Å². The normalized spacial score (nSPS) is 12.5. The van der Waals surface area contributed by atoms with Crippen molar-refractivity contribution in [3.8, 4) is 0 Å². The van der Waals surface area contributed by atoms with Gasteiger partial charge < -0.3 is 4.74 Å². The number of hydrogen-bond donors (Lipinski definition) is 0. The number of nitrogens with zero attached hydrogens (tertiary/aromatic N) is 2. The number of aromatic nitrogens is 2. The van der Waals surface area contributed by atoms with Gasteiger partial charge in [0.1, 0.15) is 5.69 Å². The maximum absolute atomic E-state index is 11.0. The second-order valence-corrected chi connectivity index (χ2v) is 3.91. The molecule has 1 aromatic heterocycles. The van der Waals surface area contributed by atoms with Crippen LogP contribution in [0.1, 0.15) is 10.5 Å². The monoisotopic (exact) mass is 222 g/mol. The van der Waals surface area contributed by atoms with E-state index in [1.807, 2.05) is 0 Å². The molecule has 5 nitrogen and oxygen atoms in total. The van der Waals surface area contributed by atoms with E-state index in [1.165, 1.54) is 17.9 Å². The third-order valence-corrected chi connectivity index (χ3v) is 2.42. The van der Waals surface area contributed by atoms with E-state index in [-0.39, 0.29) is 10.7 Å². The average Bonchev–Trinajstić information content (AvgIpc) is 2.46. The van der Waals surface area contributed by atoms with Crippen molar-refractivity contribution >= 4 is 26.7 Å². The van der Waals surface area contributed by atoms with Gasteiger partial charge in [-0.2, -0.15) is 5.10 Å². The van der Waals surface area contributed by atoms with Crippen LogP contribution >= 0.6 is 10.7 Å². The molecule has 1 unspecified atom stereocenters. The summed E-state index contributed by atoms with van der Waals surface area (Å²) in [5, 5.41) is 3.91. The van der Waals surface area contributed by atoms with Gasteiger partial charge in [-0.1, -0.05) is 0 Å². The van der Waals surface area contributed by atoms with Crippen molar-refractivity contribution in [2.45, 2.75) is 5.03 Å². The molecule has 0 aliphatic carbocycles. The van der Waals surface area contributed by atoms with Gasteiger partial charge in [0.2, 0.25) is 0 Å². The van der Waals surface area contributed by atoms with E-state index in [4.69, 9.17) is 10.7 Å². The van der Waals surface area contributed by atoms with Crippen LogP contribution < -0.4 is 0 Å². The summed E-state index contributed by atoms with van der Waals surface area (Å²) < 4.78 is 16.5. The molecule has 0 radical (unpaired) electrons. The van der Waals surface area contributed by atoms with E-state index >= 15 is 0 Å². The maximum atomic E-state index is 11.0. The van der Waals surface area contributed by atoms with Gasteiger partial charge >= 0.3 is 5.97 Å². The first-order chi connectivity index (χ1) is 6.06. The number of esters is 1. The van der Waals surface area contributed by atoms with Crippen LogP contribution in [0.2, 0.25) is 0 Å². The molecule has 0 saturated heterocycles. The lowest BCUT2D eigenvalue weighted by Gasteiger charge is -1.96. The fraction of sp³-hybridized carbons (Fsp3) is 0.333. The summed E-state index contributed by atoms with van der Waals surface area (Å²) in [6.07, 6.45) is 0. The number of ether oxygens (including phenoxy) is 1. The molecule has 0 spiro atoms. The summed E-state index contributed by atoms with van der Waals surface area (Å²) >= 11 is 0. The summed E-state index contributed by atoms with van der Waals surface area (Å²) in [6.45, 7) is 0. The Labute approximate surface area is 81.6 Å². The molecule has 72 valence electrons. The fourth-order valence-corrected chi connectivity index (χ4v) is 1.43. The first-order valence-electron chi connectivity index (χ1n) is 3.26. The van der Waals surface area contributed by atoms with Crippen LogP contribution in [0.15, 0.2) is 11.1 Å². The lowest BCUT2D eigenvalue weighted by atomic mass is 10.4. The van der Waals surface area contributed by atoms with Crippen LogP contribution in [0.3, 0.4) is 0 Å². The zero-order valence-corrected chi connectivity index (χ0v) is 8.56. The molecule has 0 N–H and O–H groups in total. The Balaban J connectivity index is 3.10. The molecule has 0 aromatic carbocycles. The fourth-order valence-electron chi connectivity index (χ4n) is 0.815. The molecule has 0 bridgehead atoms. The first kappa shape index (κ1) is 10.2. The van der Waals surface area contributed by atoms with Crippen molar-refractivity contribution in [2.75, 3.05) is 7.11 Å². The number of rotatable bonds is 2. The molecular weight excluding hydrogens is 216 g/mol. The largest absolute Gasteiger partial charge is 0.464 e. The lowest BCUT2D eigenvalue weighted by Crippen LogP contribution is -2.07. The van der Waals surface area contributed by atoms with Crippen molar-refractivity contribution in [3.63, 3.8) is 0 Å². The summed E-state index contributed by atoms with van der Waals surface area (Å²) in [5.41, 5.74) is 0.214. The molecule has 0 amide bonds. The predicted molar refractivity (Wildman–Crippen MR) is 46.8 cm³/mol. The summed E-state index contributed by atoms with van der Waals surface area (Å²) in [7, 11) is 6.37. The number of carbonyl (C=O) groups excluding carboxylic acids is 1. The molecular formula is C6H7ClN2O3S. The van der Waals surface area contributed by atoms with E-state index in [1.54, 1.807) is 7.05 Å². The van der Waals surface area contributed by atoms with Crippen LogP contribution in [0.4, 0.5) is 0 Å². The zero-order valence-electron chi connectivity index (χ0n) is 6.98. The van der Waals surface area contributed by atoms with Crippen molar-refractivity contribution in [2.24, 2.45) is 7.05 Å². The van der Waals surface area contributed by atoms with Crippen LogP contribution in [0, 0.1) is 0 Å². The quantitative estimate of drug-likeness (QED) is 0.539. The number of aryl methyl sites for hydroxylation is 1. The van der Waals surface area contributed by atoms with Gasteiger partial charge in [0.25, 0.3) is 0 Å². The van der Waals surface area contributed by atoms with Gasteiger partial charge in [0, 0.05) is 13.1 Å². The van der Waals surface area contributed by atoms with Gasteiger partial charge in [-0.05, 0) is 10.7 Å². The molecule has 1 heterocycles. The Kier molecular flexibility index (Phi) is 3.05. The third kappa shape index (κ3) is 2.07. The van der Waals surface area contributed by atoms with Crippen LogP contribution in [0.5, 0.6) is 0 Å². The Morgan fingerprint density at radius 3 is 2.77 bits per heavy atom. The Bertz CT molecular complexity index is 363. The molecule has 13 heavy (non-hydrogen) atoms. The smallest absolute Gasteiger partial charge is 0.356 e. The molecule has 1 rings (SSSR count). The van der Waals surface area contributed by atoms with E-state index in [0.29, 0.717) is 0 Å². The van der Waals surface area contributed by atoms with Crippen molar-refractivity contribution in [3.05, 3.63) is 11.8 Å². The molecule has 1 aromatic rings. The maximum Gasteiger partial charge on any atom is 0.356 e. The van der Waals surface area contributed by atoms with Crippen molar-refractivity contribution < 1.29 is 13.7 Å². The first-order valence-corrected chi connectivity index (χ1v) is 5.24. The number of methoxy groups -OCH3 is 1. The molecule has 0 fully saturated rings. The second-order valence-electron chi connectivity index (χ2n) is 2.21. The van der Waals surface area contributed by atoms with Gasteiger partial charge in [-0.15, -0.1) is 0 Å². The Morgan fingerprint density at radius 2 is 2.38 bits per heavy atom. The molecule has 0 aliphatic rings. The van der Waals surface area contributed by atoms with Gasteiger partial charge in [-0.25, -0.2) is 9.00 Å². The highest BCUT2D eigenvalue weighted by atomic mass is 35.7. The summed E-state index contributed by atoms with van der Waals surface area (Å²) in [6, 6.07) is 1.33. The van der Waals surface area contributed by atoms with E-state index in [2.05, 4.69) is 9.84 Å². The molecule has 1 atom stereocenters. The highest BCUT2D eigenvalue weighted by Crippen LogP contribution is 2.10. The van der Waals surface area contributed by atoms with Gasteiger partial charge in [0.15, 0.2) is 15.0 Å². The number of carbonyl (C=O) groups is 1. The standard InChI is InChI=1S/C6H7ClN2O3S/c1-9-4(6(10)12-2)3-5(8-9)13(7)11/h3H,1-2H3. The van der Waals surface area contributed by atoms with E-state index in [0.717, 1.165) is 0 Å². The van der Waals surface area contributed by atoms with E-state index < -0.39 is 16.0 Å². The van der Waals surface area contributed by atoms with E-state index in [9.17, 15) is 9.00 Å². The number of hydrogen-bond acceptors (Lipinski definition) is 4. The third-order valence-electron chi connectivity index (χ3n) is 1.42. The highest BCUT2D eigenvalue weighted by molar-refractivity contribution is 8.08.